The molecule has 0 aromatic heterocycles. The van der Waals surface area contributed by atoms with E-state index in [1.165, 1.54) is 25.7 Å². The molecule has 1 atom stereocenters. The number of hydrogen-bond donors (Lipinski definition) is 1. The van der Waals surface area contributed by atoms with Gasteiger partial charge in [-0.15, -0.1) is 0 Å². The minimum Gasteiger partial charge on any atom is -0.310 e. The lowest BCUT2D eigenvalue weighted by atomic mass is 9.75. The maximum atomic E-state index is 10.7. The Hall–Kier alpha value is -0.940. The molecule has 110 valence electrons. The minimum atomic E-state index is -0.369. The van der Waals surface area contributed by atoms with Crippen LogP contribution >= 0.6 is 15.9 Å². The third-order valence-corrected chi connectivity index (χ3v) is 4.77. The smallest absolute Gasteiger partial charge is 0.270 e. The van der Waals surface area contributed by atoms with Gasteiger partial charge in [0.15, 0.2) is 0 Å². The van der Waals surface area contributed by atoms with Gasteiger partial charge in [0.05, 0.1) is 4.92 Å². The van der Waals surface area contributed by atoms with Crippen LogP contribution in [0.1, 0.15) is 45.1 Å². The Bertz CT molecular complexity index is 503. The Morgan fingerprint density at radius 1 is 1.50 bits per heavy atom. The van der Waals surface area contributed by atoms with Crippen molar-refractivity contribution in [3.05, 3.63) is 38.3 Å². The van der Waals surface area contributed by atoms with E-state index in [9.17, 15) is 10.1 Å². The van der Waals surface area contributed by atoms with Crippen molar-refractivity contribution in [3.8, 4) is 0 Å². The van der Waals surface area contributed by atoms with E-state index in [4.69, 9.17) is 0 Å². The van der Waals surface area contributed by atoms with Crippen molar-refractivity contribution in [3.63, 3.8) is 0 Å². The van der Waals surface area contributed by atoms with Crippen molar-refractivity contribution >= 4 is 21.6 Å². The van der Waals surface area contributed by atoms with Gasteiger partial charge in [-0.25, -0.2) is 0 Å². The molecule has 1 N–H and O–H groups in total. The van der Waals surface area contributed by atoms with Crippen molar-refractivity contribution < 1.29 is 4.92 Å². The summed E-state index contributed by atoms with van der Waals surface area (Å²) >= 11 is 3.42. The Morgan fingerprint density at radius 3 is 2.85 bits per heavy atom. The maximum Gasteiger partial charge on any atom is 0.270 e. The molecule has 1 aliphatic rings. The highest BCUT2D eigenvalue weighted by atomic mass is 79.9. The molecule has 1 aromatic carbocycles. The van der Waals surface area contributed by atoms with Crippen LogP contribution in [0.3, 0.4) is 0 Å². The van der Waals surface area contributed by atoms with Crippen LogP contribution in [-0.4, -0.2) is 11.0 Å². The summed E-state index contributed by atoms with van der Waals surface area (Å²) in [4.78, 5) is 10.3. The molecular weight excluding hydrogens is 320 g/mol. The Balaban J connectivity index is 1.95. The first kappa shape index (κ1) is 15.4. The van der Waals surface area contributed by atoms with Gasteiger partial charge >= 0.3 is 0 Å². The number of rotatable bonds is 4. The second-order valence-corrected chi connectivity index (χ2v) is 7.23. The second-order valence-electron chi connectivity index (χ2n) is 6.37. The highest BCUT2D eigenvalue weighted by Crippen LogP contribution is 2.35. The maximum absolute atomic E-state index is 10.7. The van der Waals surface area contributed by atoms with Gasteiger partial charge in [-0.3, -0.25) is 10.1 Å². The van der Waals surface area contributed by atoms with Crippen molar-refractivity contribution in [2.75, 3.05) is 0 Å². The van der Waals surface area contributed by atoms with Crippen LogP contribution in [0.5, 0.6) is 0 Å². The predicted octanol–water partition coefficient (Wildman–Crippen LogP) is 4.42. The van der Waals surface area contributed by atoms with E-state index in [1.807, 2.05) is 6.07 Å². The summed E-state index contributed by atoms with van der Waals surface area (Å²) in [6.07, 6.45) is 4.98. The average Bonchev–Trinajstić information content (AvgIpc) is 2.36. The van der Waals surface area contributed by atoms with E-state index in [2.05, 4.69) is 35.1 Å². The van der Waals surface area contributed by atoms with Crippen LogP contribution in [-0.2, 0) is 6.54 Å². The van der Waals surface area contributed by atoms with Crippen LogP contribution in [0.4, 0.5) is 5.69 Å². The van der Waals surface area contributed by atoms with Gasteiger partial charge in [0, 0.05) is 29.2 Å². The number of benzene rings is 1. The highest BCUT2D eigenvalue weighted by Gasteiger charge is 2.27. The van der Waals surface area contributed by atoms with Gasteiger partial charge in [-0.05, 0) is 36.3 Å². The molecular formula is C15H21BrN2O2. The fourth-order valence-corrected chi connectivity index (χ4v) is 3.43. The van der Waals surface area contributed by atoms with Crippen molar-refractivity contribution in [2.45, 2.75) is 52.1 Å². The van der Waals surface area contributed by atoms with Crippen LogP contribution in [0.15, 0.2) is 22.7 Å². The monoisotopic (exact) mass is 340 g/mol. The number of nitro benzene ring substituents is 1. The Morgan fingerprint density at radius 2 is 2.25 bits per heavy atom. The highest BCUT2D eigenvalue weighted by molar-refractivity contribution is 9.10. The summed E-state index contributed by atoms with van der Waals surface area (Å²) in [5, 5.41) is 14.3. The largest absolute Gasteiger partial charge is 0.310 e. The Labute approximate surface area is 128 Å². The summed E-state index contributed by atoms with van der Waals surface area (Å²) in [5.74, 6) is 0. The average molecular weight is 341 g/mol. The first-order valence-electron chi connectivity index (χ1n) is 7.04. The molecule has 0 aliphatic heterocycles. The SMILES string of the molecule is CC1(C)CCCC(NCc2ccc([N+](=O)[O-])cc2Br)C1. The quantitative estimate of drug-likeness (QED) is 0.652. The van der Waals surface area contributed by atoms with E-state index in [0.29, 0.717) is 11.5 Å². The molecule has 1 saturated carbocycles. The van der Waals surface area contributed by atoms with Crippen molar-refractivity contribution in [1.29, 1.82) is 0 Å². The number of nitrogens with zero attached hydrogens (tertiary/aromatic N) is 1. The van der Waals surface area contributed by atoms with Gasteiger partial charge in [0.25, 0.3) is 5.69 Å². The molecule has 5 heteroatoms. The van der Waals surface area contributed by atoms with Gasteiger partial charge in [-0.1, -0.05) is 36.2 Å². The zero-order valence-electron chi connectivity index (χ0n) is 12.0. The standard InChI is InChI=1S/C15H21BrN2O2/c1-15(2)7-3-4-12(9-15)17-10-11-5-6-13(18(19)20)8-14(11)16/h5-6,8,12,17H,3-4,7,9-10H2,1-2H3. The van der Waals surface area contributed by atoms with Gasteiger partial charge in [0.2, 0.25) is 0 Å². The molecule has 4 nitrogen and oxygen atoms in total. The lowest BCUT2D eigenvalue weighted by molar-refractivity contribution is -0.384. The molecule has 1 aromatic rings. The number of hydrogen-bond acceptors (Lipinski definition) is 3. The van der Waals surface area contributed by atoms with Crippen molar-refractivity contribution in [1.82, 2.24) is 5.32 Å². The Kier molecular flexibility index (Phi) is 4.81. The second kappa shape index (κ2) is 6.22. The summed E-state index contributed by atoms with van der Waals surface area (Å²) in [6.45, 7) is 5.39. The lowest BCUT2D eigenvalue weighted by Gasteiger charge is -2.35. The molecule has 1 unspecified atom stereocenters. The summed E-state index contributed by atoms with van der Waals surface area (Å²) in [6, 6.07) is 5.50. The fraction of sp³-hybridized carbons (Fsp3) is 0.600. The molecule has 0 radical (unpaired) electrons. The third kappa shape index (κ3) is 4.03. The molecule has 1 fully saturated rings. The molecule has 0 amide bonds. The van der Waals surface area contributed by atoms with E-state index in [-0.39, 0.29) is 10.6 Å². The molecule has 0 bridgehead atoms. The summed E-state index contributed by atoms with van der Waals surface area (Å²) in [5.41, 5.74) is 1.61. The van der Waals surface area contributed by atoms with Crippen molar-refractivity contribution in [2.24, 2.45) is 5.41 Å². The molecule has 2 rings (SSSR count). The number of nitro groups is 1. The van der Waals surface area contributed by atoms with E-state index in [1.54, 1.807) is 12.1 Å². The number of non-ortho nitro benzene ring substituents is 1. The lowest BCUT2D eigenvalue weighted by Crippen LogP contribution is -2.36. The fourth-order valence-electron chi connectivity index (χ4n) is 2.92. The van der Waals surface area contributed by atoms with E-state index in [0.717, 1.165) is 16.6 Å². The molecule has 0 saturated heterocycles. The molecule has 1 aliphatic carbocycles. The predicted molar refractivity (Wildman–Crippen MR) is 83.7 cm³/mol. The molecule has 20 heavy (non-hydrogen) atoms. The first-order valence-corrected chi connectivity index (χ1v) is 7.83. The molecule has 0 heterocycles. The van der Waals surface area contributed by atoms with Crippen LogP contribution in [0, 0.1) is 15.5 Å². The summed E-state index contributed by atoms with van der Waals surface area (Å²) < 4.78 is 0.800. The topological polar surface area (TPSA) is 55.2 Å². The zero-order chi connectivity index (χ0) is 14.8. The van der Waals surface area contributed by atoms with Gasteiger partial charge in [-0.2, -0.15) is 0 Å². The van der Waals surface area contributed by atoms with Crippen LogP contribution in [0.2, 0.25) is 0 Å². The molecule has 0 spiro atoms. The van der Waals surface area contributed by atoms with Gasteiger partial charge < -0.3 is 5.32 Å². The normalized spacial score (nSPS) is 21.6. The van der Waals surface area contributed by atoms with E-state index < -0.39 is 0 Å². The number of nitrogens with one attached hydrogen (secondary N) is 1. The zero-order valence-corrected chi connectivity index (χ0v) is 13.6. The van der Waals surface area contributed by atoms with Gasteiger partial charge in [0.1, 0.15) is 0 Å². The van der Waals surface area contributed by atoms with Crippen LogP contribution in [0.25, 0.3) is 0 Å². The minimum absolute atomic E-state index is 0.124. The first-order chi connectivity index (χ1) is 9.37. The summed E-state index contributed by atoms with van der Waals surface area (Å²) in [7, 11) is 0. The van der Waals surface area contributed by atoms with E-state index >= 15 is 0 Å². The van der Waals surface area contributed by atoms with Crippen LogP contribution < -0.4 is 5.32 Å². The third-order valence-electron chi connectivity index (χ3n) is 4.03. The number of halogens is 1.